The molecule has 0 aliphatic rings. The minimum Gasteiger partial charge on any atom is -0.466 e. The maximum absolute atomic E-state index is 11.6. The Bertz CT molecular complexity index is 963. The SMILES string of the molecule is CCOC(=O)CCSc1ncc2cc3cnccc3c([N+](=O)[O-])c2n1. The molecule has 0 aliphatic carbocycles. The Labute approximate surface area is 146 Å². The van der Waals surface area contributed by atoms with Crippen molar-refractivity contribution >= 4 is 45.1 Å². The molecule has 0 fully saturated rings. The largest absolute Gasteiger partial charge is 0.466 e. The minimum absolute atomic E-state index is 0.0652. The number of non-ortho nitro benzene ring substituents is 1. The molecule has 3 rings (SSSR count). The minimum atomic E-state index is -0.440. The van der Waals surface area contributed by atoms with Gasteiger partial charge in [-0.2, -0.15) is 0 Å². The first-order valence-corrected chi connectivity index (χ1v) is 8.55. The van der Waals surface area contributed by atoms with E-state index in [2.05, 4.69) is 15.0 Å². The number of thioether (sulfide) groups is 1. The van der Waals surface area contributed by atoms with Gasteiger partial charge in [0.1, 0.15) is 0 Å². The molecule has 128 valence electrons. The van der Waals surface area contributed by atoms with E-state index in [-0.39, 0.29) is 23.6 Å². The summed E-state index contributed by atoms with van der Waals surface area (Å²) in [6.45, 7) is 2.08. The first-order valence-electron chi connectivity index (χ1n) is 7.56. The lowest BCUT2D eigenvalue weighted by atomic mass is 10.1. The molecule has 8 nitrogen and oxygen atoms in total. The zero-order valence-electron chi connectivity index (χ0n) is 13.3. The van der Waals surface area contributed by atoms with Gasteiger partial charge in [-0.15, -0.1) is 0 Å². The van der Waals surface area contributed by atoms with Gasteiger partial charge in [0.2, 0.25) is 0 Å². The monoisotopic (exact) mass is 358 g/mol. The van der Waals surface area contributed by atoms with Crippen molar-refractivity contribution in [1.29, 1.82) is 0 Å². The fourth-order valence-corrected chi connectivity index (χ4v) is 3.15. The number of ether oxygens (including phenoxy) is 1. The second-order valence-corrected chi connectivity index (χ2v) is 6.14. The number of pyridine rings is 1. The lowest BCUT2D eigenvalue weighted by Gasteiger charge is -2.05. The number of carbonyl (C=O) groups excluding carboxylic acids is 1. The third-order valence-corrected chi connectivity index (χ3v) is 4.33. The Morgan fingerprint density at radius 3 is 2.96 bits per heavy atom. The van der Waals surface area contributed by atoms with E-state index in [1.165, 1.54) is 18.0 Å². The molecule has 0 bridgehead atoms. The number of esters is 1. The molecule has 0 amide bonds. The predicted molar refractivity (Wildman–Crippen MR) is 93.5 cm³/mol. The summed E-state index contributed by atoms with van der Waals surface area (Å²) in [5, 5.41) is 13.7. The highest BCUT2D eigenvalue weighted by Crippen LogP contribution is 2.33. The van der Waals surface area contributed by atoms with E-state index in [9.17, 15) is 14.9 Å². The number of nitro groups is 1. The first kappa shape index (κ1) is 17.0. The number of benzene rings is 1. The molecule has 0 aliphatic heterocycles. The number of hydrogen-bond acceptors (Lipinski definition) is 8. The van der Waals surface area contributed by atoms with Crippen molar-refractivity contribution in [3.63, 3.8) is 0 Å². The molecule has 0 saturated heterocycles. The predicted octanol–water partition coefficient (Wildman–Crippen LogP) is 3.13. The van der Waals surface area contributed by atoms with E-state index in [0.29, 0.717) is 33.7 Å². The van der Waals surface area contributed by atoms with Crippen LogP contribution in [0.2, 0.25) is 0 Å². The van der Waals surface area contributed by atoms with Crippen molar-refractivity contribution in [3.8, 4) is 0 Å². The summed E-state index contributed by atoms with van der Waals surface area (Å²) in [4.78, 5) is 35.0. The highest BCUT2D eigenvalue weighted by Gasteiger charge is 2.20. The molecule has 2 aromatic heterocycles. The number of fused-ring (bicyclic) bond motifs is 2. The van der Waals surface area contributed by atoms with E-state index in [0.717, 1.165) is 0 Å². The second-order valence-electron chi connectivity index (χ2n) is 5.07. The summed E-state index contributed by atoms with van der Waals surface area (Å²) in [5.41, 5.74) is 0.210. The van der Waals surface area contributed by atoms with E-state index < -0.39 is 4.92 Å². The van der Waals surface area contributed by atoms with Crippen molar-refractivity contribution in [3.05, 3.63) is 40.8 Å². The Kier molecular flexibility index (Phi) is 5.03. The van der Waals surface area contributed by atoms with Crippen LogP contribution in [0.3, 0.4) is 0 Å². The van der Waals surface area contributed by atoms with Crippen molar-refractivity contribution in [1.82, 2.24) is 15.0 Å². The fraction of sp³-hybridized carbons (Fsp3) is 0.250. The van der Waals surface area contributed by atoms with Gasteiger partial charge in [-0.3, -0.25) is 19.9 Å². The van der Waals surface area contributed by atoms with Crippen molar-refractivity contribution in [2.45, 2.75) is 18.5 Å². The van der Waals surface area contributed by atoms with Gasteiger partial charge in [-0.05, 0) is 19.1 Å². The summed E-state index contributed by atoms with van der Waals surface area (Å²) in [5.74, 6) is 0.149. The molecule has 0 atom stereocenters. The molecule has 0 unspecified atom stereocenters. The van der Waals surface area contributed by atoms with Crippen molar-refractivity contribution in [2.75, 3.05) is 12.4 Å². The Balaban J connectivity index is 1.96. The lowest BCUT2D eigenvalue weighted by molar-refractivity contribution is -0.381. The second kappa shape index (κ2) is 7.39. The van der Waals surface area contributed by atoms with Gasteiger partial charge in [0, 0.05) is 35.1 Å². The van der Waals surface area contributed by atoms with Crippen molar-refractivity contribution in [2.24, 2.45) is 0 Å². The van der Waals surface area contributed by atoms with E-state index in [4.69, 9.17) is 4.74 Å². The number of nitrogens with zero attached hydrogens (tertiary/aromatic N) is 4. The molecular formula is C16H14N4O4S. The summed E-state index contributed by atoms with van der Waals surface area (Å²) < 4.78 is 4.86. The third-order valence-electron chi connectivity index (χ3n) is 3.46. The van der Waals surface area contributed by atoms with Gasteiger partial charge in [-0.25, -0.2) is 9.97 Å². The van der Waals surface area contributed by atoms with Gasteiger partial charge in [0.15, 0.2) is 10.7 Å². The van der Waals surface area contributed by atoms with Crippen molar-refractivity contribution < 1.29 is 14.5 Å². The molecule has 25 heavy (non-hydrogen) atoms. The third kappa shape index (κ3) is 3.66. The van der Waals surface area contributed by atoms with Crippen LogP contribution in [0.4, 0.5) is 5.69 Å². The Morgan fingerprint density at radius 2 is 2.20 bits per heavy atom. The van der Waals surface area contributed by atoms with Crippen LogP contribution >= 0.6 is 11.8 Å². The quantitative estimate of drug-likeness (QED) is 0.165. The first-order chi connectivity index (χ1) is 12.1. The maximum atomic E-state index is 11.6. The lowest BCUT2D eigenvalue weighted by Crippen LogP contribution is -2.05. The number of rotatable bonds is 6. The highest BCUT2D eigenvalue weighted by atomic mass is 32.2. The highest BCUT2D eigenvalue weighted by molar-refractivity contribution is 7.99. The molecule has 0 radical (unpaired) electrons. The fourth-order valence-electron chi connectivity index (χ4n) is 2.42. The normalized spacial score (nSPS) is 10.9. The van der Waals surface area contributed by atoms with E-state index >= 15 is 0 Å². The molecule has 0 saturated carbocycles. The van der Waals surface area contributed by atoms with Gasteiger partial charge in [0.25, 0.3) is 0 Å². The topological polar surface area (TPSA) is 108 Å². The smallest absolute Gasteiger partial charge is 0.306 e. The zero-order valence-corrected chi connectivity index (χ0v) is 14.2. The van der Waals surface area contributed by atoms with Crippen LogP contribution in [-0.2, 0) is 9.53 Å². The van der Waals surface area contributed by atoms with Crippen LogP contribution in [0.1, 0.15) is 13.3 Å². The van der Waals surface area contributed by atoms with Crippen LogP contribution in [0.25, 0.3) is 21.7 Å². The summed E-state index contributed by atoms with van der Waals surface area (Å²) in [7, 11) is 0. The molecule has 3 aromatic rings. The average Bonchev–Trinajstić information content (AvgIpc) is 2.59. The summed E-state index contributed by atoms with van der Waals surface area (Å²) >= 11 is 1.26. The summed E-state index contributed by atoms with van der Waals surface area (Å²) in [6, 6.07) is 3.38. The number of carbonyl (C=O) groups is 1. The van der Waals surface area contributed by atoms with Gasteiger partial charge >= 0.3 is 11.7 Å². The van der Waals surface area contributed by atoms with Crippen LogP contribution in [0.5, 0.6) is 0 Å². The number of nitro benzene ring substituents is 1. The number of hydrogen-bond donors (Lipinski definition) is 0. The summed E-state index contributed by atoms with van der Waals surface area (Å²) in [6.07, 6.45) is 4.86. The maximum Gasteiger partial charge on any atom is 0.306 e. The van der Waals surface area contributed by atoms with Crippen LogP contribution in [-0.4, -0.2) is 38.2 Å². The van der Waals surface area contributed by atoms with Crippen LogP contribution < -0.4 is 0 Å². The zero-order chi connectivity index (χ0) is 17.8. The molecule has 0 spiro atoms. The van der Waals surface area contributed by atoms with Crippen LogP contribution in [0.15, 0.2) is 35.9 Å². The molecular weight excluding hydrogens is 344 g/mol. The molecule has 0 N–H and O–H groups in total. The molecule has 1 aromatic carbocycles. The molecule has 2 heterocycles. The Hall–Kier alpha value is -2.81. The van der Waals surface area contributed by atoms with Gasteiger partial charge in [-0.1, -0.05) is 11.8 Å². The van der Waals surface area contributed by atoms with Crippen LogP contribution in [0, 0.1) is 10.1 Å². The average molecular weight is 358 g/mol. The Morgan fingerprint density at radius 1 is 1.36 bits per heavy atom. The number of aromatic nitrogens is 3. The van der Waals surface area contributed by atoms with Gasteiger partial charge < -0.3 is 4.74 Å². The van der Waals surface area contributed by atoms with E-state index in [1.807, 2.05) is 0 Å². The van der Waals surface area contributed by atoms with Gasteiger partial charge in [0.05, 0.1) is 23.3 Å². The standard InChI is InChI=1S/C16H14N4O4S/c1-2-24-13(21)4-6-25-16-18-9-11-7-10-8-17-5-3-12(10)15(20(22)23)14(11)19-16/h3,5,7-9H,2,4,6H2,1H3. The van der Waals surface area contributed by atoms with E-state index in [1.54, 1.807) is 31.5 Å². The molecule has 9 heteroatoms.